The molecule has 1 aliphatic rings. The van der Waals surface area contributed by atoms with E-state index in [1.807, 2.05) is 20.8 Å². The Balaban J connectivity index is 2.32. The second-order valence-corrected chi connectivity index (χ2v) is 8.34. The van der Waals surface area contributed by atoms with Crippen molar-refractivity contribution in [3.8, 4) is 5.75 Å². The summed E-state index contributed by atoms with van der Waals surface area (Å²) >= 11 is 0. The fourth-order valence-corrected chi connectivity index (χ4v) is 3.25. The lowest BCUT2D eigenvalue weighted by Gasteiger charge is -2.24. The maximum atomic E-state index is 12.3. The molecule has 1 aromatic carbocycles. The summed E-state index contributed by atoms with van der Waals surface area (Å²) in [5.41, 5.74) is 0.0963. The SMILES string of the molecule is CC(C)(C)NC(=O)[C@H]1CCN(S(C)(=O)=O)c2ccccc2O1. The number of nitrogens with zero attached hydrogens (tertiary/aromatic N) is 1. The molecule has 0 fully saturated rings. The molecule has 0 bridgehead atoms. The predicted molar refractivity (Wildman–Crippen MR) is 85.6 cm³/mol. The lowest BCUT2D eigenvalue weighted by atomic mass is 10.1. The van der Waals surface area contributed by atoms with Gasteiger partial charge < -0.3 is 10.1 Å². The number of para-hydroxylation sites is 2. The molecule has 6 nitrogen and oxygen atoms in total. The van der Waals surface area contributed by atoms with Crippen LogP contribution >= 0.6 is 0 Å². The fraction of sp³-hybridized carbons (Fsp3) is 0.533. The molecule has 1 heterocycles. The van der Waals surface area contributed by atoms with Crippen molar-refractivity contribution in [1.29, 1.82) is 0 Å². The molecule has 0 radical (unpaired) electrons. The highest BCUT2D eigenvalue weighted by Gasteiger charge is 2.32. The summed E-state index contributed by atoms with van der Waals surface area (Å²) in [6.45, 7) is 5.87. The number of hydrogen-bond acceptors (Lipinski definition) is 4. The lowest BCUT2D eigenvalue weighted by molar-refractivity contribution is -0.129. The van der Waals surface area contributed by atoms with E-state index in [4.69, 9.17) is 4.74 Å². The number of nitrogens with one attached hydrogen (secondary N) is 1. The van der Waals surface area contributed by atoms with Gasteiger partial charge in [0, 0.05) is 18.5 Å². The summed E-state index contributed by atoms with van der Waals surface area (Å²) in [4.78, 5) is 12.3. The molecule has 0 aliphatic carbocycles. The Morgan fingerprint density at radius 3 is 2.55 bits per heavy atom. The highest BCUT2D eigenvalue weighted by molar-refractivity contribution is 7.92. The van der Waals surface area contributed by atoms with Gasteiger partial charge in [-0.3, -0.25) is 9.10 Å². The van der Waals surface area contributed by atoms with Crippen molar-refractivity contribution in [2.45, 2.75) is 38.8 Å². The smallest absolute Gasteiger partial charge is 0.261 e. The van der Waals surface area contributed by atoms with Crippen molar-refractivity contribution in [3.05, 3.63) is 24.3 Å². The highest BCUT2D eigenvalue weighted by atomic mass is 32.2. The van der Waals surface area contributed by atoms with E-state index in [1.54, 1.807) is 24.3 Å². The van der Waals surface area contributed by atoms with Gasteiger partial charge in [-0.25, -0.2) is 8.42 Å². The summed E-state index contributed by atoms with van der Waals surface area (Å²) in [6.07, 6.45) is 0.732. The number of benzene rings is 1. The van der Waals surface area contributed by atoms with Crippen molar-refractivity contribution < 1.29 is 17.9 Å². The van der Waals surface area contributed by atoms with Gasteiger partial charge in [0.25, 0.3) is 5.91 Å². The van der Waals surface area contributed by atoms with E-state index in [9.17, 15) is 13.2 Å². The zero-order valence-corrected chi connectivity index (χ0v) is 14.1. The van der Waals surface area contributed by atoms with Gasteiger partial charge in [0.15, 0.2) is 6.10 Å². The number of ether oxygens (including phenoxy) is 1. The Morgan fingerprint density at radius 2 is 1.95 bits per heavy atom. The van der Waals surface area contributed by atoms with Crippen LogP contribution in [-0.4, -0.2) is 38.8 Å². The van der Waals surface area contributed by atoms with Gasteiger partial charge in [-0.05, 0) is 32.9 Å². The number of carbonyl (C=O) groups excluding carboxylic acids is 1. The Kier molecular flexibility index (Phi) is 4.37. The number of carbonyl (C=O) groups is 1. The third-order valence-electron chi connectivity index (χ3n) is 3.19. The highest BCUT2D eigenvalue weighted by Crippen LogP contribution is 2.33. The van der Waals surface area contributed by atoms with Crippen LogP contribution in [0.4, 0.5) is 5.69 Å². The molecule has 0 spiro atoms. The quantitative estimate of drug-likeness (QED) is 0.894. The van der Waals surface area contributed by atoms with Gasteiger partial charge in [-0.2, -0.15) is 0 Å². The third kappa shape index (κ3) is 3.91. The van der Waals surface area contributed by atoms with E-state index < -0.39 is 16.1 Å². The maximum absolute atomic E-state index is 12.3. The fourth-order valence-electron chi connectivity index (χ4n) is 2.31. The van der Waals surface area contributed by atoms with Crippen molar-refractivity contribution in [1.82, 2.24) is 5.32 Å². The second kappa shape index (κ2) is 5.79. The number of fused-ring (bicyclic) bond motifs is 1. The van der Waals surface area contributed by atoms with Crippen molar-refractivity contribution in [2.24, 2.45) is 0 Å². The van der Waals surface area contributed by atoms with Crippen LogP contribution in [-0.2, 0) is 14.8 Å². The topological polar surface area (TPSA) is 75.7 Å². The number of sulfonamides is 1. The molecule has 1 amide bonds. The molecule has 7 heteroatoms. The Morgan fingerprint density at radius 1 is 1.32 bits per heavy atom. The third-order valence-corrected chi connectivity index (χ3v) is 4.37. The van der Waals surface area contributed by atoms with Crippen LogP contribution in [0, 0.1) is 0 Å². The molecular weight excluding hydrogens is 304 g/mol. The first-order chi connectivity index (χ1) is 10.1. The standard InChI is InChI=1S/C15H22N2O4S/c1-15(2,3)16-14(18)13-9-10-17(22(4,19)20)11-7-5-6-8-12(11)21-13/h5-8,13H,9-10H2,1-4H3,(H,16,18)/t13-/m1/s1. The molecule has 0 saturated carbocycles. The average molecular weight is 326 g/mol. The van der Waals surface area contributed by atoms with Gasteiger partial charge in [0.1, 0.15) is 5.75 Å². The molecular formula is C15H22N2O4S. The first-order valence-corrected chi connectivity index (χ1v) is 8.98. The number of hydrogen-bond donors (Lipinski definition) is 1. The molecule has 0 unspecified atom stereocenters. The number of amides is 1. The van der Waals surface area contributed by atoms with Crippen LogP contribution in [0.1, 0.15) is 27.2 Å². The molecule has 122 valence electrons. The molecule has 1 aromatic rings. The summed E-state index contributed by atoms with van der Waals surface area (Å²) in [6, 6.07) is 6.86. The number of anilines is 1. The van der Waals surface area contributed by atoms with E-state index in [2.05, 4.69) is 5.32 Å². The first-order valence-electron chi connectivity index (χ1n) is 7.13. The Hall–Kier alpha value is -1.76. The second-order valence-electron chi connectivity index (χ2n) is 6.44. The molecule has 22 heavy (non-hydrogen) atoms. The van der Waals surface area contributed by atoms with E-state index in [-0.39, 0.29) is 18.0 Å². The van der Waals surface area contributed by atoms with E-state index >= 15 is 0 Å². The Bertz CT molecular complexity index is 664. The van der Waals surface area contributed by atoms with Gasteiger partial charge in [-0.1, -0.05) is 12.1 Å². The van der Waals surface area contributed by atoms with Crippen molar-refractivity contribution in [3.63, 3.8) is 0 Å². The van der Waals surface area contributed by atoms with Crippen LogP contribution in [0.5, 0.6) is 5.75 Å². The van der Waals surface area contributed by atoms with E-state index in [0.29, 0.717) is 17.9 Å². The van der Waals surface area contributed by atoms with Gasteiger partial charge in [-0.15, -0.1) is 0 Å². The van der Waals surface area contributed by atoms with Crippen molar-refractivity contribution >= 4 is 21.6 Å². The van der Waals surface area contributed by atoms with Crippen LogP contribution in [0.15, 0.2) is 24.3 Å². The zero-order valence-electron chi connectivity index (χ0n) is 13.3. The van der Waals surface area contributed by atoms with Crippen LogP contribution in [0.25, 0.3) is 0 Å². The molecule has 0 saturated heterocycles. The largest absolute Gasteiger partial charge is 0.478 e. The monoisotopic (exact) mass is 326 g/mol. The predicted octanol–water partition coefficient (Wildman–Crippen LogP) is 1.52. The minimum absolute atomic E-state index is 0.206. The van der Waals surface area contributed by atoms with Crippen LogP contribution in [0.2, 0.25) is 0 Å². The maximum Gasteiger partial charge on any atom is 0.261 e. The van der Waals surface area contributed by atoms with Crippen molar-refractivity contribution in [2.75, 3.05) is 17.1 Å². The summed E-state index contributed by atoms with van der Waals surface area (Å²) in [7, 11) is -3.43. The van der Waals surface area contributed by atoms with Gasteiger partial charge in [0.05, 0.1) is 11.9 Å². The molecule has 1 N–H and O–H groups in total. The van der Waals surface area contributed by atoms with Crippen LogP contribution < -0.4 is 14.4 Å². The van der Waals surface area contributed by atoms with E-state index in [0.717, 1.165) is 6.26 Å². The normalized spacial score (nSPS) is 18.9. The molecule has 0 aromatic heterocycles. The van der Waals surface area contributed by atoms with Gasteiger partial charge in [0.2, 0.25) is 10.0 Å². The Labute approximate surface area is 131 Å². The number of rotatable bonds is 2. The van der Waals surface area contributed by atoms with Crippen LogP contribution in [0.3, 0.4) is 0 Å². The molecule has 1 atom stereocenters. The average Bonchev–Trinajstić information content (AvgIpc) is 2.55. The summed E-state index contributed by atoms with van der Waals surface area (Å²) in [5, 5.41) is 2.87. The minimum atomic E-state index is -3.43. The van der Waals surface area contributed by atoms with E-state index in [1.165, 1.54) is 4.31 Å². The minimum Gasteiger partial charge on any atom is -0.478 e. The first kappa shape index (κ1) is 16.6. The molecule has 1 aliphatic heterocycles. The summed E-state index contributed by atoms with van der Waals surface area (Å²) < 4.78 is 31.0. The molecule has 2 rings (SSSR count). The summed E-state index contributed by atoms with van der Waals surface area (Å²) in [5.74, 6) is 0.164. The zero-order chi connectivity index (χ0) is 16.5. The van der Waals surface area contributed by atoms with Gasteiger partial charge >= 0.3 is 0 Å². The lowest BCUT2D eigenvalue weighted by Crippen LogP contribution is -2.48.